The highest BCUT2D eigenvalue weighted by Crippen LogP contribution is 2.42. The molecule has 0 bridgehead atoms. The summed E-state index contributed by atoms with van der Waals surface area (Å²) < 4.78 is 7.10. The van der Waals surface area contributed by atoms with Crippen molar-refractivity contribution in [1.29, 1.82) is 0 Å². The van der Waals surface area contributed by atoms with Crippen LogP contribution in [-0.4, -0.2) is 28.2 Å². The lowest BCUT2D eigenvalue weighted by Crippen LogP contribution is -2.51. The number of benzene rings is 2. The Balaban J connectivity index is 1.88. The highest BCUT2D eigenvalue weighted by atomic mass is 79.9. The minimum Gasteiger partial charge on any atom is -0.438 e. The number of aryl methyl sites for hydroxylation is 1. The number of halogens is 1. The largest absolute Gasteiger partial charge is 0.438 e. The minimum absolute atomic E-state index is 0.0866. The monoisotopic (exact) mass is 445 g/mol. The second-order valence-electron chi connectivity index (χ2n) is 8.34. The quantitative estimate of drug-likeness (QED) is 0.640. The van der Waals surface area contributed by atoms with E-state index in [2.05, 4.69) is 28.9 Å². The molecule has 1 saturated heterocycles. The van der Waals surface area contributed by atoms with Crippen LogP contribution in [0.15, 0.2) is 53.0 Å². The number of amides is 1. The third kappa shape index (κ3) is 4.41. The van der Waals surface area contributed by atoms with Crippen LogP contribution in [0, 0.1) is 6.92 Å². The van der Waals surface area contributed by atoms with Gasteiger partial charge in [-0.05, 0) is 56.5 Å². The first-order valence-corrected chi connectivity index (χ1v) is 10.4. The van der Waals surface area contributed by atoms with E-state index >= 15 is 0 Å². The van der Waals surface area contributed by atoms with Gasteiger partial charge in [-0.3, -0.25) is 0 Å². The number of carbonyl (C=O) groups excluding carboxylic acids is 1. The molecule has 5 heteroatoms. The molecule has 1 amide bonds. The van der Waals surface area contributed by atoms with Crippen molar-refractivity contribution in [1.82, 2.24) is 4.90 Å². The Kier molecular flexibility index (Phi) is 5.87. The number of ether oxygens (including phenoxy) is 1. The van der Waals surface area contributed by atoms with Crippen LogP contribution in [0.1, 0.15) is 56.3 Å². The van der Waals surface area contributed by atoms with E-state index in [1.54, 1.807) is 18.7 Å². The Morgan fingerprint density at radius 2 is 1.93 bits per heavy atom. The predicted molar refractivity (Wildman–Crippen MR) is 114 cm³/mol. The molecule has 0 spiro atoms. The SMILES string of the molecule is Cc1cc(Br)ccc1C(C)N1CCC(CC(C)(C)O)(c2ccccc2)OC1=O. The maximum atomic E-state index is 13.1. The summed E-state index contributed by atoms with van der Waals surface area (Å²) in [7, 11) is 0. The first-order chi connectivity index (χ1) is 13.1. The number of aliphatic hydroxyl groups is 1. The zero-order valence-electron chi connectivity index (χ0n) is 16.9. The molecule has 1 aliphatic heterocycles. The summed E-state index contributed by atoms with van der Waals surface area (Å²) in [6.45, 7) is 8.16. The predicted octanol–water partition coefficient (Wildman–Crippen LogP) is 5.72. The highest BCUT2D eigenvalue weighted by molar-refractivity contribution is 9.10. The van der Waals surface area contributed by atoms with Crippen LogP contribution < -0.4 is 0 Å². The molecule has 0 radical (unpaired) electrons. The molecule has 2 aromatic rings. The fourth-order valence-corrected chi connectivity index (χ4v) is 4.64. The van der Waals surface area contributed by atoms with Gasteiger partial charge in [-0.2, -0.15) is 0 Å². The van der Waals surface area contributed by atoms with Gasteiger partial charge in [0.25, 0.3) is 0 Å². The van der Waals surface area contributed by atoms with Gasteiger partial charge in [0.2, 0.25) is 0 Å². The molecule has 2 aromatic carbocycles. The van der Waals surface area contributed by atoms with Gasteiger partial charge < -0.3 is 14.7 Å². The fraction of sp³-hybridized carbons (Fsp3) is 0.435. The van der Waals surface area contributed by atoms with Gasteiger partial charge in [-0.15, -0.1) is 0 Å². The molecule has 0 aromatic heterocycles. The van der Waals surface area contributed by atoms with Gasteiger partial charge in [-0.25, -0.2) is 4.79 Å². The van der Waals surface area contributed by atoms with Gasteiger partial charge in [0.1, 0.15) is 5.60 Å². The van der Waals surface area contributed by atoms with Crippen molar-refractivity contribution < 1.29 is 14.6 Å². The van der Waals surface area contributed by atoms with Crippen LogP contribution in [0.5, 0.6) is 0 Å². The van der Waals surface area contributed by atoms with Crippen molar-refractivity contribution >= 4 is 22.0 Å². The van der Waals surface area contributed by atoms with Crippen LogP contribution in [-0.2, 0) is 10.3 Å². The molecule has 1 aliphatic rings. The molecule has 1 heterocycles. The highest BCUT2D eigenvalue weighted by Gasteiger charge is 2.46. The summed E-state index contributed by atoms with van der Waals surface area (Å²) in [5, 5.41) is 10.5. The second-order valence-corrected chi connectivity index (χ2v) is 9.25. The minimum atomic E-state index is -0.952. The van der Waals surface area contributed by atoms with E-state index < -0.39 is 11.2 Å². The van der Waals surface area contributed by atoms with Gasteiger partial charge in [0, 0.05) is 23.9 Å². The Bertz CT molecular complexity index is 847. The molecule has 1 fully saturated rings. The lowest BCUT2D eigenvalue weighted by atomic mass is 9.80. The Labute approximate surface area is 175 Å². The number of nitrogens with zero attached hydrogens (tertiary/aromatic N) is 1. The standard InChI is InChI=1S/C23H28BrNO3/c1-16-14-19(24)10-11-20(16)17(2)25-13-12-23(28-21(25)26,15-22(3,4)27)18-8-6-5-7-9-18/h5-11,14,17,27H,12-13,15H2,1-4H3. The maximum absolute atomic E-state index is 13.1. The van der Waals surface area contributed by atoms with E-state index in [1.165, 1.54) is 0 Å². The Morgan fingerprint density at radius 1 is 1.25 bits per heavy atom. The summed E-state index contributed by atoms with van der Waals surface area (Å²) in [6, 6.07) is 15.8. The average molecular weight is 446 g/mol. The Morgan fingerprint density at radius 3 is 2.50 bits per heavy atom. The second kappa shape index (κ2) is 7.88. The molecule has 4 nitrogen and oxygen atoms in total. The van der Waals surface area contributed by atoms with Crippen LogP contribution >= 0.6 is 15.9 Å². The molecule has 28 heavy (non-hydrogen) atoms. The van der Waals surface area contributed by atoms with E-state index in [-0.39, 0.29) is 12.1 Å². The normalized spacial score (nSPS) is 21.4. The lowest BCUT2D eigenvalue weighted by Gasteiger charge is -2.45. The number of hydrogen-bond donors (Lipinski definition) is 1. The van der Waals surface area contributed by atoms with E-state index in [9.17, 15) is 9.90 Å². The van der Waals surface area contributed by atoms with Crippen molar-refractivity contribution in [2.75, 3.05) is 6.54 Å². The maximum Gasteiger partial charge on any atom is 0.411 e. The first kappa shape index (κ1) is 20.9. The van der Waals surface area contributed by atoms with Crippen molar-refractivity contribution in [2.45, 2.75) is 57.8 Å². The molecule has 2 unspecified atom stereocenters. The van der Waals surface area contributed by atoms with E-state index in [0.717, 1.165) is 21.2 Å². The summed E-state index contributed by atoms with van der Waals surface area (Å²) in [4.78, 5) is 14.9. The van der Waals surface area contributed by atoms with Crippen molar-refractivity contribution in [3.8, 4) is 0 Å². The zero-order chi connectivity index (χ0) is 20.5. The zero-order valence-corrected chi connectivity index (χ0v) is 18.5. The summed E-state index contributed by atoms with van der Waals surface area (Å²) in [5.41, 5.74) is 1.40. The lowest BCUT2D eigenvalue weighted by molar-refractivity contribution is -0.101. The van der Waals surface area contributed by atoms with Crippen LogP contribution in [0.3, 0.4) is 0 Å². The molecular formula is C23H28BrNO3. The first-order valence-electron chi connectivity index (χ1n) is 9.65. The van der Waals surface area contributed by atoms with Crippen molar-refractivity contribution in [3.63, 3.8) is 0 Å². The van der Waals surface area contributed by atoms with Crippen LogP contribution in [0.2, 0.25) is 0 Å². The third-order valence-electron chi connectivity index (χ3n) is 5.44. The van der Waals surface area contributed by atoms with Crippen molar-refractivity contribution in [2.24, 2.45) is 0 Å². The molecule has 1 N–H and O–H groups in total. The number of cyclic esters (lactones) is 1. The Hall–Kier alpha value is -1.85. The van der Waals surface area contributed by atoms with E-state index in [4.69, 9.17) is 4.74 Å². The molecule has 2 atom stereocenters. The topological polar surface area (TPSA) is 49.8 Å². The molecule has 0 saturated carbocycles. The number of hydrogen-bond acceptors (Lipinski definition) is 3. The van der Waals surface area contributed by atoms with Gasteiger partial charge >= 0.3 is 6.09 Å². The summed E-state index contributed by atoms with van der Waals surface area (Å²) in [5.74, 6) is 0. The number of rotatable bonds is 5. The molecule has 150 valence electrons. The average Bonchev–Trinajstić information content (AvgIpc) is 2.61. The fourth-order valence-electron chi connectivity index (χ4n) is 4.17. The summed E-state index contributed by atoms with van der Waals surface area (Å²) >= 11 is 3.49. The van der Waals surface area contributed by atoms with Gasteiger partial charge in [0.05, 0.1) is 11.6 Å². The molecular weight excluding hydrogens is 418 g/mol. The van der Waals surface area contributed by atoms with Gasteiger partial charge in [-0.1, -0.05) is 52.3 Å². The van der Waals surface area contributed by atoms with Gasteiger partial charge in [0.15, 0.2) is 0 Å². The van der Waals surface area contributed by atoms with E-state index in [0.29, 0.717) is 19.4 Å². The number of carbonyl (C=O) groups is 1. The smallest absolute Gasteiger partial charge is 0.411 e. The molecule has 3 rings (SSSR count). The third-order valence-corrected chi connectivity index (χ3v) is 5.93. The summed E-state index contributed by atoms with van der Waals surface area (Å²) in [6.07, 6.45) is 0.649. The van der Waals surface area contributed by atoms with Crippen LogP contribution in [0.25, 0.3) is 0 Å². The van der Waals surface area contributed by atoms with E-state index in [1.807, 2.05) is 49.4 Å². The molecule has 0 aliphatic carbocycles. The van der Waals surface area contributed by atoms with Crippen molar-refractivity contribution in [3.05, 3.63) is 69.7 Å². The van der Waals surface area contributed by atoms with Crippen LogP contribution in [0.4, 0.5) is 4.79 Å².